The molecule has 174 valence electrons. The van der Waals surface area contributed by atoms with Gasteiger partial charge in [0.05, 0.1) is 19.2 Å². The van der Waals surface area contributed by atoms with Crippen LogP contribution >= 0.6 is 0 Å². The van der Waals surface area contributed by atoms with E-state index in [2.05, 4.69) is 10.6 Å². The van der Waals surface area contributed by atoms with Crippen LogP contribution in [-0.2, 0) is 6.54 Å². The Balaban J connectivity index is 1.56. The van der Waals surface area contributed by atoms with E-state index >= 15 is 0 Å². The molecule has 2 N–H and O–H groups in total. The summed E-state index contributed by atoms with van der Waals surface area (Å²) < 4.78 is 6.93. The van der Waals surface area contributed by atoms with Crippen LogP contribution in [0.25, 0.3) is 10.9 Å². The van der Waals surface area contributed by atoms with Crippen LogP contribution in [0.15, 0.2) is 65.6 Å². The van der Waals surface area contributed by atoms with Crippen LogP contribution in [0.5, 0.6) is 5.75 Å². The minimum Gasteiger partial charge on any atom is -0.497 e. The van der Waals surface area contributed by atoms with E-state index in [9.17, 15) is 4.79 Å². The number of fused-ring (bicyclic) bond motifs is 1. The van der Waals surface area contributed by atoms with Gasteiger partial charge in [-0.1, -0.05) is 37.1 Å². The number of nitrogens with one attached hydrogen (secondary N) is 2. The zero-order valence-electron chi connectivity index (χ0n) is 19.5. The van der Waals surface area contributed by atoms with Crippen LogP contribution in [0.3, 0.4) is 0 Å². The number of methoxy groups -OCH3 is 1. The van der Waals surface area contributed by atoms with Gasteiger partial charge in [-0.25, -0.2) is 4.98 Å². The van der Waals surface area contributed by atoms with Crippen molar-refractivity contribution in [2.24, 2.45) is 0 Å². The molecule has 0 atom stereocenters. The van der Waals surface area contributed by atoms with Gasteiger partial charge in [-0.2, -0.15) is 4.98 Å². The van der Waals surface area contributed by atoms with E-state index in [1.807, 2.05) is 61.5 Å². The summed E-state index contributed by atoms with van der Waals surface area (Å²) in [4.78, 5) is 23.0. The summed E-state index contributed by atoms with van der Waals surface area (Å²) in [5, 5.41) is 7.33. The quantitative estimate of drug-likeness (QED) is 0.396. The molecule has 1 aliphatic carbocycles. The zero-order valence-corrected chi connectivity index (χ0v) is 19.5. The summed E-state index contributed by atoms with van der Waals surface area (Å²) in [7, 11) is 1.64. The monoisotopic (exact) mass is 455 g/mol. The fourth-order valence-corrected chi connectivity index (χ4v) is 4.50. The molecule has 1 saturated carbocycles. The van der Waals surface area contributed by atoms with Crippen molar-refractivity contribution in [1.29, 1.82) is 0 Å². The SMILES string of the molecule is COc1ccc(Cn2ccc3nc(NC4CCCC4)nc(Nc4cccc(C)c4)c3c2=O)cc1. The molecule has 1 fully saturated rings. The summed E-state index contributed by atoms with van der Waals surface area (Å²) in [6, 6.07) is 18.0. The van der Waals surface area contributed by atoms with E-state index in [4.69, 9.17) is 14.7 Å². The van der Waals surface area contributed by atoms with E-state index in [0.717, 1.165) is 35.4 Å². The minimum atomic E-state index is -0.129. The third-order valence-electron chi connectivity index (χ3n) is 6.31. The van der Waals surface area contributed by atoms with Gasteiger partial charge < -0.3 is 19.9 Å². The molecule has 7 nitrogen and oxygen atoms in total. The Hall–Kier alpha value is -3.87. The third-order valence-corrected chi connectivity index (χ3v) is 6.31. The topological polar surface area (TPSA) is 81.1 Å². The molecule has 0 spiro atoms. The fourth-order valence-electron chi connectivity index (χ4n) is 4.50. The first kappa shape index (κ1) is 21.9. The summed E-state index contributed by atoms with van der Waals surface area (Å²) in [6.45, 7) is 2.49. The molecular formula is C27H29N5O2. The van der Waals surface area contributed by atoms with Gasteiger partial charge >= 0.3 is 0 Å². The maximum Gasteiger partial charge on any atom is 0.264 e. The Kier molecular flexibility index (Phi) is 6.16. The number of rotatable bonds is 7. The number of aromatic nitrogens is 3. The maximum absolute atomic E-state index is 13.6. The number of ether oxygens (including phenoxy) is 1. The van der Waals surface area contributed by atoms with Crippen molar-refractivity contribution in [2.45, 2.75) is 45.2 Å². The number of anilines is 3. The number of benzene rings is 2. The van der Waals surface area contributed by atoms with Crippen molar-refractivity contribution in [3.05, 3.63) is 82.3 Å². The molecule has 0 unspecified atom stereocenters. The largest absolute Gasteiger partial charge is 0.497 e. The molecule has 0 amide bonds. The highest BCUT2D eigenvalue weighted by Gasteiger charge is 2.19. The lowest BCUT2D eigenvalue weighted by Gasteiger charge is -2.16. The van der Waals surface area contributed by atoms with Gasteiger partial charge in [0, 0.05) is 17.9 Å². The van der Waals surface area contributed by atoms with Crippen molar-refractivity contribution in [2.75, 3.05) is 17.7 Å². The standard InChI is InChI=1S/C27H29N5O2/c1-18-6-5-9-21(16-18)28-25-24-23(30-27(31-25)29-20-7-3-4-8-20)14-15-32(26(24)33)17-19-10-12-22(34-2)13-11-19/h5-6,9-16,20H,3-4,7-8,17H2,1-2H3,(H2,28,29,30,31). The van der Waals surface area contributed by atoms with Gasteiger partial charge in [0.25, 0.3) is 5.56 Å². The maximum atomic E-state index is 13.6. The smallest absolute Gasteiger partial charge is 0.264 e. The Morgan fingerprint density at radius 3 is 2.59 bits per heavy atom. The summed E-state index contributed by atoms with van der Waals surface area (Å²) in [5.41, 5.74) is 3.52. The van der Waals surface area contributed by atoms with Crippen molar-refractivity contribution in [3.8, 4) is 5.75 Å². The molecular weight excluding hydrogens is 426 g/mol. The van der Waals surface area contributed by atoms with Crippen molar-refractivity contribution in [3.63, 3.8) is 0 Å². The highest BCUT2D eigenvalue weighted by Crippen LogP contribution is 2.26. The number of hydrogen-bond acceptors (Lipinski definition) is 6. The van der Waals surface area contributed by atoms with Crippen molar-refractivity contribution in [1.82, 2.24) is 14.5 Å². The van der Waals surface area contributed by atoms with Crippen LogP contribution in [0.1, 0.15) is 36.8 Å². The second-order valence-electron chi connectivity index (χ2n) is 8.87. The molecule has 2 aromatic carbocycles. The number of aryl methyl sites for hydroxylation is 1. The second-order valence-corrected chi connectivity index (χ2v) is 8.87. The zero-order chi connectivity index (χ0) is 23.5. The number of hydrogen-bond donors (Lipinski definition) is 2. The highest BCUT2D eigenvalue weighted by molar-refractivity contribution is 5.91. The predicted molar refractivity (Wildman–Crippen MR) is 136 cm³/mol. The summed E-state index contributed by atoms with van der Waals surface area (Å²) >= 11 is 0. The Labute approximate surface area is 198 Å². The number of pyridine rings is 1. The van der Waals surface area contributed by atoms with Gasteiger partial charge in [-0.05, 0) is 61.2 Å². The van der Waals surface area contributed by atoms with E-state index in [-0.39, 0.29) is 5.56 Å². The fraction of sp³-hybridized carbons (Fsp3) is 0.296. The molecule has 2 heterocycles. The first-order valence-corrected chi connectivity index (χ1v) is 11.7. The first-order valence-electron chi connectivity index (χ1n) is 11.7. The Morgan fingerprint density at radius 2 is 1.85 bits per heavy atom. The average Bonchev–Trinajstić information content (AvgIpc) is 3.34. The van der Waals surface area contributed by atoms with Crippen LogP contribution in [-0.4, -0.2) is 27.7 Å². The van der Waals surface area contributed by atoms with Crippen LogP contribution in [0.2, 0.25) is 0 Å². The molecule has 34 heavy (non-hydrogen) atoms. The molecule has 7 heteroatoms. The van der Waals surface area contributed by atoms with E-state index < -0.39 is 0 Å². The normalized spacial score (nSPS) is 13.8. The molecule has 1 aliphatic rings. The van der Waals surface area contributed by atoms with Gasteiger partial charge in [-0.3, -0.25) is 4.79 Å². The molecule has 0 radical (unpaired) electrons. The van der Waals surface area contributed by atoms with Gasteiger partial charge in [0.15, 0.2) is 0 Å². The molecule has 2 aromatic heterocycles. The first-order chi connectivity index (χ1) is 16.6. The second kappa shape index (κ2) is 9.55. The Bertz CT molecular complexity index is 1360. The van der Waals surface area contributed by atoms with Gasteiger partial charge in [0.1, 0.15) is 17.0 Å². The lowest BCUT2D eigenvalue weighted by atomic mass is 10.2. The predicted octanol–water partition coefficient (Wildman–Crippen LogP) is 5.25. The van der Waals surface area contributed by atoms with Crippen LogP contribution in [0, 0.1) is 6.92 Å². The number of nitrogens with zero attached hydrogens (tertiary/aromatic N) is 3. The highest BCUT2D eigenvalue weighted by atomic mass is 16.5. The minimum absolute atomic E-state index is 0.129. The molecule has 0 aliphatic heterocycles. The van der Waals surface area contributed by atoms with Crippen LogP contribution < -0.4 is 20.9 Å². The summed E-state index contributed by atoms with van der Waals surface area (Å²) in [5.74, 6) is 1.86. The third kappa shape index (κ3) is 4.73. The lowest BCUT2D eigenvalue weighted by Crippen LogP contribution is -2.23. The summed E-state index contributed by atoms with van der Waals surface area (Å²) in [6.07, 6.45) is 6.47. The molecule has 0 bridgehead atoms. The van der Waals surface area contributed by atoms with Gasteiger partial charge in [-0.15, -0.1) is 0 Å². The van der Waals surface area contributed by atoms with Crippen molar-refractivity contribution >= 4 is 28.4 Å². The van der Waals surface area contributed by atoms with Crippen LogP contribution in [0.4, 0.5) is 17.5 Å². The van der Waals surface area contributed by atoms with Crippen molar-refractivity contribution < 1.29 is 4.74 Å². The average molecular weight is 456 g/mol. The Morgan fingerprint density at radius 1 is 1.06 bits per heavy atom. The van der Waals surface area contributed by atoms with E-state index in [1.165, 1.54) is 12.8 Å². The lowest BCUT2D eigenvalue weighted by molar-refractivity contribution is 0.414. The van der Waals surface area contributed by atoms with E-state index in [1.54, 1.807) is 17.9 Å². The van der Waals surface area contributed by atoms with Gasteiger partial charge in [0.2, 0.25) is 5.95 Å². The molecule has 4 aromatic rings. The van der Waals surface area contributed by atoms with E-state index in [0.29, 0.717) is 35.3 Å². The molecule has 0 saturated heterocycles. The molecule has 5 rings (SSSR count).